The van der Waals surface area contributed by atoms with E-state index in [0.717, 1.165) is 25.7 Å². The zero-order chi connectivity index (χ0) is 24.7. The Labute approximate surface area is 206 Å². The van der Waals surface area contributed by atoms with Crippen LogP contribution in [-0.4, -0.2) is 67.8 Å². The van der Waals surface area contributed by atoms with E-state index in [-0.39, 0.29) is 18.3 Å². The van der Waals surface area contributed by atoms with Gasteiger partial charge >= 0.3 is 50.5 Å². The standard InChI is InChI=1S/C20H38O7S.C2H5.Na/c1-5-9-11-15(7-3)13-17(18(21)22)20(19(23)24,28(25,26)27)14-16(8-4)12-10-6-2;1-2;/h15-17H,5-14H2,1-4H3,(H,21,22)(H,23,24)(H,25,26,27);1H2,2H3;. The molecule has 0 fully saturated rings. The van der Waals surface area contributed by atoms with Crippen LogP contribution in [0.15, 0.2) is 0 Å². The molecule has 4 atom stereocenters. The van der Waals surface area contributed by atoms with Crippen molar-refractivity contribution in [3.05, 3.63) is 0 Å². The molecule has 3 N–H and O–H groups in total. The van der Waals surface area contributed by atoms with Gasteiger partial charge in [-0.3, -0.25) is 14.1 Å². The molecule has 0 amide bonds. The summed E-state index contributed by atoms with van der Waals surface area (Å²) in [5, 5.41) is 19.7. The van der Waals surface area contributed by atoms with Gasteiger partial charge in [-0.2, -0.15) is 8.42 Å². The zero-order valence-electron chi connectivity index (χ0n) is 20.4. The van der Waals surface area contributed by atoms with Crippen LogP contribution in [0.3, 0.4) is 0 Å². The number of rotatable bonds is 16. The van der Waals surface area contributed by atoms with Crippen LogP contribution >= 0.6 is 0 Å². The van der Waals surface area contributed by atoms with Crippen LogP contribution in [0.4, 0.5) is 0 Å². The molecule has 180 valence electrons. The Hall–Kier alpha value is -0.150. The van der Waals surface area contributed by atoms with Crippen molar-refractivity contribution in [3.63, 3.8) is 0 Å². The van der Waals surface area contributed by atoms with E-state index < -0.39 is 39.1 Å². The van der Waals surface area contributed by atoms with Gasteiger partial charge in [-0.05, 0) is 24.7 Å². The van der Waals surface area contributed by atoms with Gasteiger partial charge in [0.2, 0.25) is 4.75 Å². The van der Waals surface area contributed by atoms with Crippen LogP contribution in [0.25, 0.3) is 0 Å². The fourth-order valence-electron chi connectivity index (χ4n) is 3.95. The summed E-state index contributed by atoms with van der Waals surface area (Å²) in [4.78, 5) is 24.3. The Morgan fingerprint density at radius 2 is 1.32 bits per heavy atom. The molecule has 0 rings (SSSR count). The van der Waals surface area contributed by atoms with Crippen LogP contribution in [0, 0.1) is 17.8 Å². The monoisotopic (exact) mass is 474 g/mol. The molecule has 0 heterocycles. The van der Waals surface area contributed by atoms with Gasteiger partial charge < -0.3 is 10.2 Å². The van der Waals surface area contributed by atoms with Crippen LogP contribution in [-0.2, 0) is 19.7 Å². The average molecular weight is 475 g/mol. The third-order valence-electron chi connectivity index (χ3n) is 5.93. The van der Waals surface area contributed by atoms with E-state index in [1.165, 1.54) is 31.6 Å². The van der Waals surface area contributed by atoms with Crippen molar-refractivity contribution in [1.29, 1.82) is 0 Å². The molecule has 0 spiro atoms. The van der Waals surface area contributed by atoms with Gasteiger partial charge in [0.1, 0.15) is 0 Å². The van der Waals surface area contributed by atoms with Crippen LogP contribution in [0.5, 0.6) is 0 Å². The molecule has 0 bridgehead atoms. The van der Waals surface area contributed by atoms with Gasteiger partial charge in [-0.1, -0.05) is 79.1 Å². The summed E-state index contributed by atoms with van der Waals surface area (Å²) in [5.74, 6) is -5.37. The number of carbonyl (C=O) groups is 2. The molecule has 0 saturated heterocycles. The molecule has 0 radical (unpaired) electrons. The summed E-state index contributed by atoms with van der Waals surface area (Å²) in [6.07, 6.45) is 5.37. The maximum atomic E-state index is 12.4. The van der Waals surface area contributed by atoms with Crippen molar-refractivity contribution in [2.45, 2.75) is 107 Å². The molecular weight excluding hydrogens is 431 g/mol. The molecule has 0 aromatic carbocycles. The third kappa shape index (κ3) is 11.0. The number of carboxylic acids is 2. The summed E-state index contributed by atoms with van der Waals surface area (Å²) in [6, 6.07) is 0. The quantitative estimate of drug-likeness (QED) is 0.207. The maximum absolute atomic E-state index is 12.4. The second-order valence-electron chi connectivity index (χ2n) is 8.54. The predicted octanol–water partition coefficient (Wildman–Crippen LogP) is 5.20. The fraction of sp³-hybridized carbons (Fsp3) is 0.909. The number of carboxylic acid groups (broad SMARTS) is 2. The van der Waals surface area contributed by atoms with Crippen molar-refractivity contribution < 1.29 is 32.8 Å². The first-order valence-electron chi connectivity index (χ1n) is 11.9. The van der Waals surface area contributed by atoms with E-state index in [4.69, 9.17) is 0 Å². The Morgan fingerprint density at radius 3 is 1.61 bits per heavy atom. The first-order chi connectivity index (χ1) is 14.4. The van der Waals surface area contributed by atoms with Gasteiger partial charge in [-0.15, -0.1) is 0 Å². The molecule has 0 aromatic rings. The summed E-state index contributed by atoms with van der Waals surface area (Å²) in [6.45, 7) is 9.86. The molecule has 0 aromatic heterocycles. The molecular formula is C22H43NaO7S. The summed E-state index contributed by atoms with van der Waals surface area (Å²) in [7, 11) is -5.15. The second-order valence-corrected chi connectivity index (χ2v) is 11.6. The van der Waals surface area contributed by atoms with Crippen molar-refractivity contribution >= 4 is 50.0 Å². The molecule has 4 unspecified atom stereocenters. The van der Waals surface area contributed by atoms with Gasteiger partial charge in [0, 0.05) is 0 Å². The molecule has 0 aliphatic carbocycles. The SMILES string of the molecule is CCCCC(CC)CC(C(=O)O)C(CC(CC)CCCC)(C(=O)O)S(=O)(=O)O.C[CH2][Na]. The minimum atomic E-state index is -5.15. The Balaban J connectivity index is 0. The van der Waals surface area contributed by atoms with Crippen LogP contribution in [0.1, 0.15) is 98.8 Å². The van der Waals surface area contributed by atoms with E-state index in [0.29, 0.717) is 25.7 Å². The van der Waals surface area contributed by atoms with Gasteiger partial charge in [0.05, 0.1) is 5.92 Å². The number of hydrogen-bond donors (Lipinski definition) is 3. The van der Waals surface area contributed by atoms with Crippen LogP contribution < -0.4 is 0 Å². The third-order valence-corrected chi connectivity index (χ3v) is 7.48. The van der Waals surface area contributed by atoms with Crippen molar-refractivity contribution in [2.24, 2.45) is 17.8 Å². The first-order valence-corrected chi connectivity index (χ1v) is 14.7. The summed E-state index contributed by atoms with van der Waals surface area (Å²) < 4.78 is 33.4. The Kier molecular flexibility index (Phi) is 18.5. The van der Waals surface area contributed by atoms with E-state index in [2.05, 4.69) is 6.92 Å². The second kappa shape index (κ2) is 17.3. The average Bonchev–Trinajstić information content (AvgIpc) is 2.68. The van der Waals surface area contributed by atoms with Crippen molar-refractivity contribution in [1.82, 2.24) is 0 Å². The van der Waals surface area contributed by atoms with Gasteiger partial charge in [-0.25, -0.2) is 0 Å². The molecule has 0 saturated carbocycles. The van der Waals surface area contributed by atoms with Gasteiger partial charge in [0.25, 0.3) is 10.1 Å². The zero-order valence-corrected chi connectivity index (χ0v) is 23.2. The van der Waals surface area contributed by atoms with E-state index >= 15 is 0 Å². The van der Waals surface area contributed by atoms with Crippen molar-refractivity contribution in [2.75, 3.05) is 0 Å². The summed E-state index contributed by atoms with van der Waals surface area (Å²) >= 11 is 1.37. The van der Waals surface area contributed by atoms with E-state index in [1.807, 2.05) is 27.7 Å². The number of unbranched alkanes of at least 4 members (excludes halogenated alkanes) is 2. The Bertz CT molecular complexity index is 609. The van der Waals surface area contributed by atoms with Gasteiger partial charge in [0.15, 0.2) is 0 Å². The summed E-state index contributed by atoms with van der Waals surface area (Å²) in [5.41, 5.74) is 0. The van der Waals surface area contributed by atoms with E-state index in [1.54, 1.807) is 0 Å². The number of aliphatic carboxylic acids is 2. The van der Waals surface area contributed by atoms with E-state index in [9.17, 15) is 32.8 Å². The Morgan fingerprint density at radius 1 is 0.903 bits per heavy atom. The fourth-order valence-corrected chi connectivity index (χ4v) is 5.18. The van der Waals surface area contributed by atoms with Crippen molar-refractivity contribution in [3.8, 4) is 0 Å². The minimum absolute atomic E-state index is 0.0812. The molecule has 9 heteroatoms. The normalized spacial score (nSPS) is 16.4. The predicted molar refractivity (Wildman–Crippen MR) is 125 cm³/mol. The first kappa shape index (κ1) is 33.0. The topological polar surface area (TPSA) is 129 Å². The molecule has 7 nitrogen and oxygen atoms in total. The molecule has 0 aliphatic rings. The molecule has 0 aliphatic heterocycles. The molecule has 31 heavy (non-hydrogen) atoms. The van der Waals surface area contributed by atoms with Crippen LogP contribution in [0.2, 0.25) is 3.67 Å². The number of hydrogen-bond acceptors (Lipinski definition) is 4.